The van der Waals surface area contributed by atoms with Gasteiger partial charge in [-0.1, -0.05) is 73.9 Å². The molecule has 1 aliphatic rings. The number of nitrogens with one attached hydrogen (secondary N) is 4. The van der Waals surface area contributed by atoms with E-state index in [4.69, 9.17) is 39.8 Å². The highest BCUT2D eigenvalue weighted by atomic mass is 32.5. The predicted molar refractivity (Wildman–Crippen MR) is 268 cm³/mol. The molecule has 0 aliphatic carbocycles. The molecule has 0 saturated heterocycles. The molecule has 4 rings (SSSR count). The van der Waals surface area contributed by atoms with Crippen LogP contribution in [0.3, 0.4) is 0 Å². The molecule has 0 saturated carbocycles. The lowest BCUT2D eigenvalue weighted by Gasteiger charge is -2.28. The average molecular weight is 1000 g/mol. The Hall–Kier alpha value is -4.21. The van der Waals surface area contributed by atoms with Gasteiger partial charge in [0.05, 0.1) is 77.4 Å². The Labute approximate surface area is 412 Å². The Morgan fingerprint density at radius 1 is 0.652 bits per heavy atom. The fourth-order valence-electron chi connectivity index (χ4n) is 7.36. The van der Waals surface area contributed by atoms with E-state index in [1.54, 1.807) is 4.90 Å². The Bertz CT molecular complexity index is 2030. The molecule has 1 unspecified atom stereocenters. The van der Waals surface area contributed by atoms with E-state index in [-0.39, 0.29) is 62.6 Å². The van der Waals surface area contributed by atoms with Gasteiger partial charge in [-0.05, 0) is 62.1 Å². The lowest BCUT2D eigenvalue weighted by Crippen LogP contribution is -2.34. The summed E-state index contributed by atoms with van der Waals surface area (Å²) < 4.78 is 33.9. The Kier molecular flexibility index (Phi) is 28.4. The highest BCUT2D eigenvalue weighted by Crippen LogP contribution is 2.43. The average Bonchev–Trinajstić information content (AvgIpc) is 3.76. The first-order valence-corrected chi connectivity index (χ1v) is 27.0. The molecular weight excluding hydrogens is 928 g/mol. The number of fused-ring (bicyclic) bond motifs is 5. The predicted octanol–water partition coefficient (Wildman–Crippen LogP) is 5.04. The smallest absolute Gasteiger partial charge is 0.324 e. The molecule has 1 aliphatic heterocycles. The van der Waals surface area contributed by atoms with Crippen molar-refractivity contribution in [2.75, 3.05) is 104 Å². The number of anilines is 1. The van der Waals surface area contributed by atoms with Crippen molar-refractivity contribution in [1.82, 2.24) is 36.3 Å². The van der Waals surface area contributed by atoms with Crippen molar-refractivity contribution in [2.45, 2.75) is 97.1 Å². The SMILES string of the molecule is CCCNCCOCCOCCOCCNC(=O)CCOCCNC(=O)CCC(=O)N1Cc2ccccc2-c2c(nnn2CCCCCC(=O)NCCCCCCOP(O)(=S)OC)-c2ccccc21. The van der Waals surface area contributed by atoms with E-state index in [1.807, 2.05) is 53.2 Å². The topological polar surface area (TPSA) is 226 Å². The molecule has 3 aromatic rings. The van der Waals surface area contributed by atoms with Crippen LogP contribution in [-0.2, 0) is 72.1 Å². The molecule has 1 atom stereocenters. The summed E-state index contributed by atoms with van der Waals surface area (Å²) in [5.41, 5.74) is 4.88. The van der Waals surface area contributed by atoms with Crippen molar-refractivity contribution in [2.24, 2.45) is 0 Å². The summed E-state index contributed by atoms with van der Waals surface area (Å²) in [6, 6.07) is 15.6. The molecule has 1 aromatic heterocycles. The van der Waals surface area contributed by atoms with E-state index in [0.717, 1.165) is 86.8 Å². The van der Waals surface area contributed by atoms with Crippen LogP contribution in [0.1, 0.15) is 89.5 Å². The normalized spacial score (nSPS) is 12.8. The highest BCUT2D eigenvalue weighted by molar-refractivity contribution is 8.07. The summed E-state index contributed by atoms with van der Waals surface area (Å²) in [7, 11) is 1.34. The maximum absolute atomic E-state index is 13.9. The fraction of sp³-hybridized carbons (Fsp3) is 0.625. The van der Waals surface area contributed by atoms with Crippen LogP contribution in [0.2, 0.25) is 0 Å². The van der Waals surface area contributed by atoms with Gasteiger partial charge in [0.25, 0.3) is 0 Å². The number of aromatic nitrogens is 3. The molecule has 5 N–H and O–H groups in total. The van der Waals surface area contributed by atoms with Gasteiger partial charge < -0.3 is 59.1 Å². The largest absolute Gasteiger partial charge is 0.379 e. The van der Waals surface area contributed by atoms with Gasteiger partial charge in [-0.3, -0.25) is 19.2 Å². The zero-order valence-corrected chi connectivity index (χ0v) is 42.3. The number of hydrogen-bond donors (Lipinski definition) is 5. The lowest BCUT2D eigenvalue weighted by molar-refractivity contribution is -0.125. The first-order valence-electron chi connectivity index (χ1n) is 24.4. The van der Waals surface area contributed by atoms with Crippen molar-refractivity contribution >= 4 is 47.8 Å². The third kappa shape index (κ3) is 22.6. The molecule has 4 amide bonds. The van der Waals surface area contributed by atoms with Crippen LogP contribution < -0.4 is 26.2 Å². The van der Waals surface area contributed by atoms with Crippen LogP contribution in [0, 0.1) is 0 Å². The molecular formula is C48H75N8O11PS. The number of unbranched alkanes of at least 4 members (excludes halogenated alkanes) is 5. The summed E-state index contributed by atoms with van der Waals surface area (Å²) >= 11 is 4.82. The number of aryl methyl sites for hydroxylation is 1. The van der Waals surface area contributed by atoms with Gasteiger partial charge in [-0.25, -0.2) is 4.68 Å². The van der Waals surface area contributed by atoms with Crippen LogP contribution >= 0.6 is 6.72 Å². The first kappa shape index (κ1) is 57.4. The molecule has 0 bridgehead atoms. The number of para-hydroxylation sites is 1. The Balaban J connectivity index is 1.11. The zero-order valence-electron chi connectivity index (χ0n) is 40.6. The van der Waals surface area contributed by atoms with Crippen LogP contribution in [0.5, 0.6) is 0 Å². The molecule has 2 aromatic carbocycles. The van der Waals surface area contributed by atoms with Crippen molar-refractivity contribution in [3.05, 3.63) is 54.1 Å². The number of carbonyl (C=O) groups is 4. The second-order valence-corrected chi connectivity index (χ2v) is 19.3. The van der Waals surface area contributed by atoms with Gasteiger partial charge in [-0.15, -0.1) is 5.10 Å². The van der Waals surface area contributed by atoms with E-state index in [1.165, 1.54) is 7.11 Å². The number of ether oxygens (including phenoxy) is 4. The van der Waals surface area contributed by atoms with E-state index in [2.05, 4.69) is 38.5 Å². The second kappa shape index (κ2) is 34.2. The molecule has 69 heavy (non-hydrogen) atoms. The lowest BCUT2D eigenvalue weighted by atomic mass is 9.95. The maximum atomic E-state index is 13.9. The minimum atomic E-state index is -3.10. The summed E-state index contributed by atoms with van der Waals surface area (Å²) in [5.74, 6) is -0.581. The minimum absolute atomic E-state index is 0.000828. The van der Waals surface area contributed by atoms with Gasteiger partial charge >= 0.3 is 6.72 Å². The van der Waals surface area contributed by atoms with Crippen molar-refractivity contribution in [3.63, 3.8) is 0 Å². The van der Waals surface area contributed by atoms with Crippen molar-refractivity contribution in [3.8, 4) is 22.5 Å². The van der Waals surface area contributed by atoms with E-state index in [9.17, 15) is 24.1 Å². The van der Waals surface area contributed by atoms with Crippen molar-refractivity contribution in [1.29, 1.82) is 0 Å². The van der Waals surface area contributed by atoms with Crippen LogP contribution in [-0.4, -0.2) is 143 Å². The zero-order chi connectivity index (χ0) is 49.4. The van der Waals surface area contributed by atoms with Gasteiger partial charge in [-0.2, -0.15) is 0 Å². The first-order chi connectivity index (χ1) is 33.6. The highest BCUT2D eigenvalue weighted by Gasteiger charge is 2.29. The van der Waals surface area contributed by atoms with E-state index >= 15 is 0 Å². The number of amides is 4. The number of carbonyl (C=O) groups excluding carboxylic acids is 4. The number of nitrogens with zero attached hydrogens (tertiary/aromatic N) is 4. The summed E-state index contributed by atoms with van der Waals surface area (Å²) in [6.45, 7) is 6.79. The Morgan fingerprint density at radius 3 is 2.00 bits per heavy atom. The molecule has 2 heterocycles. The summed E-state index contributed by atoms with van der Waals surface area (Å²) in [5, 5.41) is 21.1. The third-order valence-electron chi connectivity index (χ3n) is 11.0. The molecule has 384 valence electrons. The summed E-state index contributed by atoms with van der Waals surface area (Å²) in [6.07, 6.45) is 7.60. The minimum Gasteiger partial charge on any atom is -0.379 e. The Morgan fingerprint density at radius 2 is 1.26 bits per heavy atom. The summed E-state index contributed by atoms with van der Waals surface area (Å²) in [4.78, 5) is 62.7. The molecule has 0 spiro atoms. The molecule has 0 radical (unpaired) electrons. The quantitative estimate of drug-likeness (QED) is 0.0374. The monoisotopic (exact) mass is 1000 g/mol. The number of benzene rings is 2. The van der Waals surface area contributed by atoms with Crippen LogP contribution in [0.15, 0.2) is 48.5 Å². The van der Waals surface area contributed by atoms with Gasteiger partial charge in [0.2, 0.25) is 23.6 Å². The second-order valence-electron chi connectivity index (χ2n) is 16.4. The molecule has 19 nitrogen and oxygen atoms in total. The van der Waals surface area contributed by atoms with Crippen molar-refractivity contribution < 1.29 is 52.1 Å². The standard InChI is InChI=1S/C48H75N8O11PS/c1-3-23-49-25-31-64-34-36-66-37-35-65-33-27-52-45(59)22-30-63-32-26-51-44(58)20-21-46(60)55-38-39-15-8-9-16-40(39)48-47(41-17-10-11-18-42(41)55)53-54-56(48)28-13-6-7-19-43(57)50-24-12-4-5-14-29-67-68(61,69)62-2/h8-11,15-18,49H,3-7,12-14,19-38H2,1-2H3,(H,50,57)(H,51,58)(H,52,59)(H,61,69). The number of rotatable bonds is 38. The molecule has 21 heteroatoms. The van der Waals surface area contributed by atoms with Crippen LogP contribution in [0.4, 0.5) is 5.69 Å². The van der Waals surface area contributed by atoms with E-state index < -0.39 is 6.72 Å². The maximum Gasteiger partial charge on any atom is 0.324 e. The van der Waals surface area contributed by atoms with Gasteiger partial charge in [0.1, 0.15) is 5.69 Å². The van der Waals surface area contributed by atoms with Gasteiger partial charge in [0.15, 0.2) is 0 Å². The number of hydrogen-bond acceptors (Lipinski definition) is 14. The van der Waals surface area contributed by atoms with Crippen LogP contribution in [0.25, 0.3) is 22.5 Å². The van der Waals surface area contributed by atoms with E-state index in [0.29, 0.717) is 90.2 Å². The third-order valence-corrected chi connectivity index (χ3v) is 12.7. The fourth-order valence-corrected chi connectivity index (χ4v) is 8.05. The molecule has 0 fully saturated rings. The van der Waals surface area contributed by atoms with Gasteiger partial charge in [0, 0.05) is 76.6 Å².